The quantitative estimate of drug-likeness (QED) is 0.0272. The summed E-state index contributed by atoms with van der Waals surface area (Å²) >= 11 is 0. The molecule has 0 saturated heterocycles. The molecular formula is C41H80NO8P. The number of allylic oxidation sites excluding steroid dienone is 2. The maximum atomic E-state index is 12.6. The van der Waals surface area contributed by atoms with Gasteiger partial charge in [0.1, 0.15) is 6.61 Å². The molecule has 0 aromatic rings. The third-order valence-corrected chi connectivity index (χ3v) is 10.1. The van der Waals surface area contributed by atoms with Crippen LogP contribution in [0.2, 0.25) is 0 Å². The highest BCUT2D eigenvalue weighted by molar-refractivity contribution is 7.47. The number of nitrogens with two attached hydrogens (primary N) is 1. The Bertz CT molecular complexity index is 856. The van der Waals surface area contributed by atoms with Crippen LogP contribution in [0.1, 0.15) is 206 Å². The summed E-state index contributed by atoms with van der Waals surface area (Å²) in [6.45, 7) is 3.74. The normalized spacial score (nSPS) is 13.4. The Balaban J connectivity index is 4.14. The van der Waals surface area contributed by atoms with Gasteiger partial charge in [-0.1, -0.05) is 167 Å². The molecule has 0 bridgehead atoms. The average molecular weight is 746 g/mol. The van der Waals surface area contributed by atoms with Gasteiger partial charge in [-0.3, -0.25) is 18.6 Å². The van der Waals surface area contributed by atoms with E-state index in [1.54, 1.807) is 0 Å². The van der Waals surface area contributed by atoms with Crippen LogP contribution in [0, 0.1) is 0 Å². The van der Waals surface area contributed by atoms with Gasteiger partial charge in [0, 0.05) is 19.4 Å². The zero-order chi connectivity index (χ0) is 37.5. The first-order chi connectivity index (χ1) is 24.8. The van der Waals surface area contributed by atoms with E-state index < -0.39 is 26.5 Å². The van der Waals surface area contributed by atoms with E-state index in [2.05, 4.69) is 26.0 Å². The summed E-state index contributed by atoms with van der Waals surface area (Å²) < 4.78 is 32.7. The lowest BCUT2D eigenvalue weighted by atomic mass is 10.0. The minimum absolute atomic E-state index is 0.0557. The van der Waals surface area contributed by atoms with Crippen molar-refractivity contribution in [2.45, 2.75) is 213 Å². The zero-order valence-electron chi connectivity index (χ0n) is 33.1. The number of carbonyl (C=O) groups excluding carboxylic acids is 2. The Kier molecular flexibility index (Phi) is 37.5. The lowest BCUT2D eigenvalue weighted by Gasteiger charge is -2.19. The van der Waals surface area contributed by atoms with Crippen molar-refractivity contribution in [1.82, 2.24) is 0 Å². The molecule has 0 heterocycles. The predicted octanol–water partition coefficient (Wildman–Crippen LogP) is 11.8. The summed E-state index contributed by atoms with van der Waals surface area (Å²) in [7, 11) is -4.37. The maximum Gasteiger partial charge on any atom is 0.472 e. The second kappa shape index (κ2) is 38.5. The highest BCUT2D eigenvalue weighted by Crippen LogP contribution is 2.43. The van der Waals surface area contributed by atoms with Crippen molar-refractivity contribution in [3.8, 4) is 0 Å². The molecule has 0 amide bonds. The van der Waals surface area contributed by atoms with Crippen LogP contribution in [-0.4, -0.2) is 49.3 Å². The summed E-state index contributed by atoms with van der Waals surface area (Å²) in [4.78, 5) is 34.8. The van der Waals surface area contributed by atoms with E-state index in [0.29, 0.717) is 6.42 Å². The van der Waals surface area contributed by atoms with Gasteiger partial charge in [-0.2, -0.15) is 0 Å². The molecule has 0 aliphatic heterocycles. The Labute approximate surface area is 313 Å². The van der Waals surface area contributed by atoms with Crippen molar-refractivity contribution >= 4 is 19.8 Å². The molecule has 1 unspecified atom stereocenters. The molecule has 51 heavy (non-hydrogen) atoms. The fraction of sp³-hybridized carbons (Fsp3) is 0.902. The third-order valence-electron chi connectivity index (χ3n) is 9.15. The number of rotatable bonds is 40. The van der Waals surface area contributed by atoms with Crippen LogP contribution in [0.3, 0.4) is 0 Å². The van der Waals surface area contributed by atoms with Crippen LogP contribution in [-0.2, 0) is 32.7 Å². The summed E-state index contributed by atoms with van der Waals surface area (Å²) in [5.74, 6) is -0.824. The summed E-state index contributed by atoms with van der Waals surface area (Å²) in [6, 6.07) is 0. The molecule has 3 N–H and O–H groups in total. The molecule has 0 aliphatic rings. The highest BCUT2D eigenvalue weighted by atomic mass is 31.2. The lowest BCUT2D eigenvalue weighted by Crippen LogP contribution is -2.29. The van der Waals surface area contributed by atoms with Gasteiger partial charge in [0.2, 0.25) is 0 Å². The van der Waals surface area contributed by atoms with Crippen LogP contribution >= 0.6 is 7.82 Å². The minimum atomic E-state index is -4.37. The molecule has 0 aromatic heterocycles. The fourth-order valence-electron chi connectivity index (χ4n) is 5.98. The smallest absolute Gasteiger partial charge is 0.462 e. The van der Waals surface area contributed by atoms with E-state index >= 15 is 0 Å². The highest BCUT2D eigenvalue weighted by Gasteiger charge is 2.26. The topological polar surface area (TPSA) is 134 Å². The summed E-state index contributed by atoms with van der Waals surface area (Å²) in [5.41, 5.74) is 5.34. The number of hydrogen-bond donors (Lipinski definition) is 2. The molecule has 0 fully saturated rings. The van der Waals surface area contributed by atoms with Crippen LogP contribution in [0.25, 0.3) is 0 Å². The van der Waals surface area contributed by atoms with Crippen molar-refractivity contribution in [3.63, 3.8) is 0 Å². The second-order valence-corrected chi connectivity index (χ2v) is 15.7. The Morgan fingerprint density at radius 3 is 1.41 bits per heavy atom. The van der Waals surface area contributed by atoms with E-state index in [9.17, 15) is 19.0 Å². The van der Waals surface area contributed by atoms with Gasteiger partial charge < -0.3 is 20.1 Å². The van der Waals surface area contributed by atoms with Gasteiger partial charge in [0.05, 0.1) is 13.2 Å². The SMILES string of the molecule is CCCCCC/C=C\CCCCCCCCCC(=O)OC[C@H](COP(=O)(O)OCCN)OC(=O)CCCCCCCCCCCCCCCCC. The van der Waals surface area contributed by atoms with Crippen molar-refractivity contribution in [2.75, 3.05) is 26.4 Å². The van der Waals surface area contributed by atoms with E-state index in [4.69, 9.17) is 24.3 Å². The molecule has 0 radical (unpaired) electrons. The largest absolute Gasteiger partial charge is 0.472 e. The number of carbonyl (C=O) groups is 2. The number of unbranched alkanes of at least 4 members (excludes halogenated alkanes) is 25. The first kappa shape index (κ1) is 49.8. The molecule has 10 heteroatoms. The van der Waals surface area contributed by atoms with Crippen LogP contribution in [0.4, 0.5) is 0 Å². The monoisotopic (exact) mass is 746 g/mol. The number of ether oxygens (including phenoxy) is 2. The molecule has 0 rings (SSSR count). The summed E-state index contributed by atoms with van der Waals surface area (Å²) in [5, 5.41) is 0. The molecule has 2 atom stereocenters. The van der Waals surface area contributed by atoms with E-state index in [1.165, 1.54) is 128 Å². The van der Waals surface area contributed by atoms with Crippen molar-refractivity contribution in [1.29, 1.82) is 0 Å². The van der Waals surface area contributed by atoms with Gasteiger partial charge in [-0.15, -0.1) is 0 Å². The number of phosphoric acid groups is 1. The van der Waals surface area contributed by atoms with E-state index in [0.717, 1.165) is 44.9 Å². The van der Waals surface area contributed by atoms with Crippen LogP contribution in [0.15, 0.2) is 12.2 Å². The van der Waals surface area contributed by atoms with Gasteiger partial charge in [-0.25, -0.2) is 4.57 Å². The molecule has 0 spiro atoms. The number of esters is 2. The predicted molar refractivity (Wildman–Crippen MR) is 211 cm³/mol. The first-order valence-corrected chi connectivity index (χ1v) is 22.7. The van der Waals surface area contributed by atoms with Crippen molar-refractivity contribution < 1.29 is 37.6 Å². The maximum absolute atomic E-state index is 12.6. The third kappa shape index (κ3) is 38.3. The molecule has 0 aromatic carbocycles. The van der Waals surface area contributed by atoms with Gasteiger partial charge in [0.15, 0.2) is 6.10 Å². The van der Waals surface area contributed by atoms with Gasteiger partial charge in [-0.05, 0) is 38.5 Å². The van der Waals surface area contributed by atoms with Crippen LogP contribution < -0.4 is 5.73 Å². The second-order valence-electron chi connectivity index (χ2n) is 14.2. The van der Waals surface area contributed by atoms with Gasteiger partial charge >= 0.3 is 19.8 Å². The average Bonchev–Trinajstić information content (AvgIpc) is 3.11. The lowest BCUT2D eigenvalue weighted by molar-refractivity contribution is -0.161. The van der Waals surface area contributed by atoms with Crippen molar-refractivity contribution in [2.24, 2.45) is 5.73 Å². The van der Waals surface area contributed by atoms with Crippen molar-refractivity contribution in [3.05, 3.63) is 12.2 Å². The molecular weight excluding hydrogens is 665 g/mol. The molecule has 302 valence electrons. The molecule has 0 aliphatic carbocycles. The molecule has 9 nitrogen and oxygen atoms in total. The Morgan fingerprint density at radius 2 is 0.961 bits per heavy atom. The number of hydrogen-bond acceptors (Lipinski definition) is 8. The summed E-state index contributed by atoms with van der Waals surface area (Å²) in [6.07, 6.45) is 38.0. The van der Waals surface area contributed by atoms with Gasteiger partial charge in [0.25, 0.3) is 0 Å². The zero-order valence-corrected chi connectivity index (χ0v) is 34.0. The minimum Gasteiger partial charge on any atom is -0.462 e. The molecule has 0 saturated carbocycles. The first-order valence-electron chi connectivity index (χ1n) is 21.2. The standard InChI is InChI=1S/C41H80NO8P/c1-3-5-7-9-11-13-15-17-19-21-23-25-27-29-31-33-40(43)47-37-39(38-49-51(45,46)48-36-35-42)50-41(44)34-32-30-28-26-24-22-20-18-16-14-12-10-8-6-4-2/h13,15,39H,3-12,14,16-38,42H2,1-2H3,(H,45,46)/b15-13-/t39-/m1/s1. The van der Waals surface area contributed by atoms with E-state index in [-0.39, 0.29) is 38.6 Å². The fourth-order valence-corrected chi connectivity index (χ4v) is 6.75. The Morgan fingerprint density at radius 1 is 0.569 bits per heavy atom. The van der Waals surface area contributed by atoms with Crippen LogP contribution in [0.5, 0.6) is 0 Å². The Hall–Kier alpha value is -1.25. The van der Waals surface area contributed by atoms with E-state index in [1.807, 2.05) is 0 Å². The number of phosphoric ester groups is 1.